The maximum absolute atomic E-state index is 6.09. The van der Waals surface area contributed by atoms with E-state index in [0.29, 0.717) is 12.1 Å². The summed E-state index contributed by atoms with van der Waals surface area (Å²) in [4.78, 5) is 7.13. The van der Waals surface area contributed by atoms with E-state index >= 15 is 0 Å². The van der Waals surface area contributed by atoms with Crippen molar-refractivity contribution in [1.29, 1.82) is 0 Å². The molecule has 3 aromatic heterocycles. The van der Waals surface area contributed by atoms with E-state index in [1.807, 2.05) is 35.0 Å². The van der Waals surface area contributed by atoms with Crippen LogP contribution < -0.4 is 4.90 Å². The van der Waals surface area contributed by atoms with Crippen molar-refractivity contribution in [2.24, 2.45) is 0 Å². The molecule has 1 aromatic carbocycles. The predicted molar refractivity (Wildman–Crippen MR) is 122 cm³/mol. The first-order chi connectivity index (χ1) is 14.9. The standard InChI is InChI=1S/C23H25ClN6O/c1-23(2,3)22-27-26-21-20-18(13-17(14-25-20)29-8-10-31-11-9-29)19(28-30(21)22)12-15-4-6-16(24)7-5-15/h4-7,13-14H,8-12H2,1-3H3. The van der Waals surface area contributed by atoms with Crippen molar-refractivity contribution in [3.05, 3.63) is 58.6 Å². The number of hydrogen-bond donors (Lipinski definition) is 0. The van der Waals surface area contributed by atoms with Crippen molar-refractivity contribution in [3.63, 3.8) is 0 Å². The van der Waals surface area contributed by atoms with Gasteiger partial charge in [-0.2, -0.15) is 9.61 Å². The highest BCUT2D eigenvalue weighted by Gasteiger charge is 2.25. The van der Waals surface area contributed by atoms with E-state index in [-0.39, 0.29) is 5.41 Å². The molecule has 5 rings (SSSR count). The highest BCUT2D eigenvalue weighted by molar-refractivity contribution is 6.30. The van der Waals surface area contributed by atoms with E-state index < -0.39 is 0 Å². The van der Waals surface area contributed by atoms with Crippen LogP contribution in [-0.4, -0.2) is 51.1 Å². The highest BCUT2D eigenvalue weighted by atomic mass is 35.5. The topological polar surface area (TPSA) is 68.4 Å². The van der Waals surface area contributed by atoms with Crippen LogP contribution in [0.15, 0.2) is 36.5 Å². The van der Waals surface area contributed by atoms with Gasteiger partial charge in [0.25, 0.3) is 0 Å². The van der Waals surface area contributed by atoms with Crippen LogP contribution in [0.3, 0.4) is 0 Å². The van der Waals surface area contributed by atoms with Gasteiger partial charge in [-0.3, -0.25) is 0 Å². The average molecular weight is 437 g/mol. The van der Waals surface area contributed by atoms with Gasteiger partial charge in [-0.25, -0.2) is 4.98 Å². The molecule has 1 saturated heterocycles. The zero-order valence-corrected chi connectivity index (χ0v) is 18.7. The van der Waals surface area contributed by atoms with Crippen LogP contribution in [-0.2, 0) is 16.6 Å². The highest BCUT2D eigenvalue weighted by Crippen LogP contribution is 2.29. The normalized spacial score (nSPS) is 15.2. The number of rotatable bonds is 3. The lowest BCUT2D eigenvalue weighted by molar-refractivity contribution is 0.122. The SMILES string of the molecule is CC(C)(C)c1nnc2c3ncc(N4CCOCC4)cc3c(Cc3ccc(Cl)cc3)nn12. The van der Waals surface area contributed by atoms with E-state index in [2.05, 4.69) is 41.9 Å². The number of pyridine rings is 1. The number of fused-ring (bicyclic) bond motifs is 3. The third-order valence-corrected chi connectivity index (χ3v) is 5.84. The molecule has 1 aliphatic heterocycles. The molecule has 0 bridgehead atoms. The number of morpholine rings is 1. The molecule has 31 heavy (non-hydrogen) atoms. The number of ether oxygens (including phenoxy) is 1. The Morgan fingerprint density at radius 1 is 1.06 bits per heavy atom. The molecule has 0 atom stereocenters. The number of benzene rings is 1. The van der Waals surface area contributed by atoms with Crippen molar-refractivity contribution in [1.82, 2.24) is 24.8 Å². The number of nitrogens with zero attached hydrogens (tertiary/aromatic N) is 6. The molecule has 4 heterocycles. The van der Waals surface area contributed by atoms with Gasteiger partial charge in [0.2, 0.25) is 5.65 Å². The maximum atomic E-state index is 6.09. The lowest BCUT2D eigenvalue weighted by atomic mass is 9.96. The van der Waals surface area contributed by atoms with Gasteiger partial charge in [-0.05, 0) is 23.8 Å². The summed E-state index contributed by atoms with van der Waals surface area (Å²) < 4.78 is 7.36. The largest absolute Gasteiger partial charge is 0.378 e. The van der Waals surface area contributed by atoms with E-state index in [0.717, 1.165) is 65.0 Å². The number of aromatic nitrogens is 5. The molecule has 0 N–H and O–H groups in total. The maximum Gasteiger partial charge on any atom is 0.204 e. The van der Waals surface area contributed by atoms with E-state index in [1.165, 1.54) is 0 Å². The molecule has 0 saturated carbocycles. The Balaban J connectivity index is 1.70. The van der Waals surface area contributed by atoms with E-state index in [4.69, 9.17) is 26.4 Å². The Kier molecular flexibility index (Phi) is 5.02. The fourth-order valence-corrected chi connectivity index (χ4v) is 4.06. The number of hydrogen-bond acceptors (Lipinski definition) is 6. The van der Waals surface area contributed by atoms with Crippen LogP contribution in [0.1, 0.15) is 37.9 Å². The minimum Gasteiger partial charge on any atom is -0.378 e. The molecule has 1 aliphatic rings. The minimum atomic E-state index is -0.189. The van der Waals surface area contributed by atoms with Gasteiger partial charge in [0.1, 0.15) is 5.52 Å². The fraction of sp³-hybridized carbons (Fsp3) is 0.391. The zero-order valence-electron chi connectivity index (χ0n) is 18.0. The van der Waals surface area contributed by atoms with Gasteiger partial charge in [0, 0.05) is 35.3 Å². The lowest BCUT2D eigenvalue weighted by Gasteiger charge is -2.28. The fourth-order valence-electron chi connectivity index (χ4n) is 3.94. The summed E-state index contributed by atoms with van der Waals surface area (Å²) in [7, 11) is 0. The zero-order chi connectivity index (χ0) is 21.6. The van der Waals surface area contributed by atoms with Crippen molar-refractivity contribution in [2.45, 2.75) is 32.6 Å². The molecule has 7 nitrogen and oxygen atoms in total. The Morgan fingerprint density at radius 3 is 2.52 bits per heavy atom. The molecule has 1 fully saturated rings. The van der Waals surface area contributed by atoms with E-state index in [1.54, 1.807) is 0 Å². The quantitative estimate of drug-likeness (QED) is 0.482. The Morgan fingerprint density at radius 2 is 1.81 bits per heavy atom. The molecule has 0 radical (unpaired) electrons. The first-order valence-corrected chi connectivity index (χ1v) is 10.9. The Hall–Kier alpha value is -2.77. The minimum absolute atomic E-state index is 0.189. The third-order valence-electron chi connectivity index (χ3n) is 5.59. The predicted octanol–water partition coefficient (Wildman–Crippen LogP) is 4.05. The summed E-state index contributed by atoms with van der Waals surface area (Å²) in [5.41, 5.74) is 4.48. The lowest BCUT2D eigenvalue weighted by Crippen LogP contribution is -2.36. The average Bonchev–Trinajstić information content (AvgIpc) is 3.20. The second-order valence-electron chi connectivity index (χ2n) is 8.95. The molecule has 0 spiro atoms. The van der Waals surface area contributed by atoms with Crippen molar-refractivity contribution < 1.29 is 4.74 Å². The molecule has 0 unspecified atom stereocenters. The second-order valence-corrected chi connectivity index (χ2v) is 9.38. The summed E-state index contributed by atoms with van der Waals surface area (Å²) >= 11 is 6.09. The molecule has 160 valence electrons. The van der Waals surface area contributed by atoms with Crippen LogP contribution in [0.2, 0.25) is 5.02 Å². The first kappa shape index (κ1) is 20.2. The van der Waals surface area contributed by atoms with Gasteiger partial charge < -0.3 is 9.64 Å². The van der Waals surface area contributed by atoms with Crippen molar-refractivity contribution >= 4 is 33.8 Å². The monoisotopic (exact) mass is 436 g/mol. The third kappa shape index (κ3) is 3.83. The summed E-state index contributed by atoms with van der Waals surface area (Å²) in [5.74, 6) is 0.820. The summed E-state index contributed by atoms with van der Waals surface area (Å²) in [6, 6.07) is 10.1. The van der Waals surface area contributed by atoms with Crippen molar-refractivity contribution in [3.8, 4) is 0 Å². The number of halogens is 1. The molecule has 0 aliphatic carbocycles. The molecular weight excluding hydrogens is 412 g/mol. The molecule has 4 aromatic rings. The summed E-state index contributed by atoms with van der Waals surface area (Å²) in [6.45, 7) is 9.51. The summed E-state index contributed by atoms with van der Waals surface area (Å²) in [6.07, 6.45) is 2.59. The van der Waals surface area contributed by atoms with Crippen LogP contribution in [0.25, 0.3) is 16.6 Å². The van der Waals surface area contributed by atoms with Crippen LogP contribution in [0, 0.1) is 0 Å². The van der Waals surface area contributed by atoms with Crippen LogP contribution >= 0.6 is 11.6 Å². The van der Waals surface area contributed by atoms with E-state index in [9.17, 15) is 0 Å². The first-order valence-electron chi connectivity index (χ1n) is 10.5. The van der Waals surface area contributed by atoms with Crippen LogP contribution in [0.5, 0.6) is 0 Å². The summed E-state index contributed by atoms with van der Waals surface area (Å²) in [5, 5.41) is 15.6. The van der Waals surface area contributed by atoms with Crippen LogP contribution in [0.4, 0.5) is 5.69 Å². The molecule has 0 amide bonds. The Labute approximate surface area is 186 Å². The van der Waals surface area contributed by atoms with Gasteiger partial charge in [0.15, 0.2) is 5.82 Å². The van der Waals surface area contributed by atoms with Crippen molar-refractivity contribution in [2.75, 3.05) is 31.2 Å². The number of anilines is 1. The van der Waals surface area contributed by atoms with Gasteiger partial charge in [-0.1, -0.05) is 44.5 Å². The Bertz CT molecular complexity index is 1240. The van der Waals surface area contributed by atoms with Gasteiger partial charge in [-0.15, -0.1) is 10.2 Å². The molecular formula is C23H25ClN6O. The second kappa shape index (κ2) is 7.73. The van der Waals surface area contributed by atoms with Gasteiger partial charge >= 0.3 is 0 Å². The smallest absolute Gasteiger partial charge is 0.204 e. The van der Waals surface area contributed by atoms with Gasteiger partial charge in [0.05, 0.1) is 30.8 Å². The molecule has 8 heteroatoms.